The average Bonchev–Trinajstić information content (AvgIpc) is 2.31. The average molecular weight is 293 g/mol. The summed E-state index contributed by atoms with van der Waals surface area (Å²) in [6, 6.07) is 2.44. The minimum Gasteiger partial charge on any atom is -0.398 e. The van der Waals surface area contributed by atoms with E-state index in [2.05, 4.69) is 0 Å². The van der Waals surface area contributed by atoms with Gasteiger partial charge in [-0.1, -0.05) is 0 Å². The molecule has 1 aromatic heterocycles. The number of carbonyl (C=O) groups is 1. The minimum absolute atomic E-state index is 0.210. The van der Waals surface area contributed by atoms with Crippen LogP contribution in [0.5, 0.6) is 0 Å². The summed E-state index contributed by atoms with van der Waals surface area (Å²) < 4.78 is 37.8. The maximum Gasteiger partial charge on any atom is 0.406 e. The molecule has 0 fully saturated rings. The number of carbonyl (C=O) groups excluding carboxylic acids is 1. The molecule has 0 saturated heterocycles. The van der Waals surface area contributed by atoms with Crippen molar-refractivity contribution in [3.8, 4) is 0 Å². The van der Waals surface area contributed by atoms with Crippen molar-refractivity contribution in [2.45, 2.75) is 12.7 Å². The van der Waals surface area contributed by atoms with E-state index in [0.717, 1.165) is 10.6 Å². The van der Waals surface area contributed by atoms with Gasteiger partial charge in [0.05, 0.1) is 6.61 Å². The zero-order valence-corrected chi connectivity index (χ0v) is 10.4. The molecule has 0 spiro atoms. The number of rotatable bonds is 5. The maximum atomic E-state index is 12.3. The van der Waals surface area contributed by atoms with Crippen LogP contribution in [0, 0.1) is 0 Å². The molecule has 112 valence electrons. The van der Waals surface area contributed by atoms with Gasteiger partial charge in [0.2, 0.25) is 5.91 Å². The fourth-order valence-corrected chi connectivity index (χ4v) is 1.55. The molecule has 0 aliphatic heterocycles. The van der Waals surface area contributed by atoms with Crippen LogP contribution in [0.3, 0.4) is 0 Å². The molecule has 1 aromatic rings. The topological polar surface area (TPSA) is 88.6 Å². The summed E-state index contributed by atoms with van der Waals surface area (Å²) in [4.78, 5) is 23.6. The van der Waals surface area contributed by atoms with E-state index >= 15 is 0 Å². The number of nitrogen functional groups attached to an aromatic ring is 1. The lowest BCUT2D eigenvalue weighted by Crippen LogP contribution is -2.43. The maximum absolute atomic E-state index is 12.3. The molecule has 20 heavy (non-hydrogen) atoms. The number of anilines is 1. The summed E-state index contributed by atoms with van der Waals surface area (Å²) in [7, 11) is 0. The Bertz CT molecular complexity index is 528. The van der Waals surface area contributed by atoms with Gasteiger partial charge in [0.15, 0.2) is 0 Å². The highest BCUT2D eigenvalue weighted by Crippen LogP contribution is 2.16. The van der Waals surface area contributed by atoms with Crippen molar-refractivity contribution in [3.63, 3.8) is 0 Å². The predicted molar refractivity (Wildman–Crippen MR) is 64.8 cm³/mol. The highest BCUT2D eigenvalue weighted by molar-refractivity contribution is 5.76. The van der Waals surface area contributed by atoms with Gasteiger partial charge in [0.1, 0.15) is 13.1 Å². The number of amides is 1. The summed E-state index contributed by atoms with van der Waals surface area (Å²) in [6.45, 7) is -3.12. The molecule has 1 amide bonds. The molecule has 6 nitrogen and oxygen atoms in total. The first kappa shape index (κ1) is 16.0. The van der Waals surface area contributed by atoms with Gasteiger partial charge >= 0.3 is 6.18 Å². The van der Waals surface area contributed by atoms with Gasteiger partial charge in [0.25, 0.3) is 5.56 Å². The largest absolute Gasteiger partial charge is 0.406 e. The lowest BCUT2D eigenvalue weighted by Gasteiger charge is -2.23. The lowest BCUT2D eigenvalue weighted by atomic mass is 10.3. The van der Waals surface area contributed by atoms with Crippen molar-refractivity contribution in [2.24, 2.45) is 0 Å². The Kier molecular flexibility index (Phi) is 5.14. The molecule has 0 bridgehead atoms. The SMILES string of the molecule is Nc1ccc(=O)n(CC(=O)N(CCO)CC(F)(F)F)c1. The standard InChI is InChI=1S/C11H14F3N3O3/c12-11(13,14)7-16(3-4-18)10(20)6-17-5-8(15)1-2-9(17)19/h1-2,5,18H,3-4,6-7,15H2. The number of halogens is 3. The number of hydrogen-bond acceptors (Lipinski definition) is 4. The Labute approximate surface area is 112 Å². The van der Waals surface area contributed by atoms with Crippen LogP contribution in [0.2, 0.25) is 0 Å². The lowest BCUT2D eigenvalue weighted by molar-refractivity contribution is -0.162. The van der Waals surface area contributed by atoms with Crippen LogP contribution in [0.1, 0.15) is 0 Å². The van der Waals surface area contributed by atoms with E-state index < -0.39 is 43.9 Å². The van der Waals surface area contributed by atoms with Gasteiger partial charge in [-0.2, -0.15) is 13.2 Å². The Morgan fingerprint density at radius 2 is 2.05 bits per heavy atom. The predicted octanol–water partition coefficient (Wildman–Crippen LogP) is -0.186. The zero-order chi connectivity index (χ0) is 15.3. The summed E-state index contributed by atoms with van der Waals surface area (Å²) in [6.07, 6.45) is -3.41. The van der Waals surface area contributed by atoms with Crippen LogP contribution in [0.15, 0.2) is 23.1 Å². The fourth-order valence-electron chi connectivity index (χ4n) is 1.55. The first-order valence-electron chi connectivity index (χ1n) is 5.64. The molecule has 0 unspecified atom stereocenters. The Balaban J connectivity index is 2.85. The Morgan fingerprint density at radius 1 is 1.40 bits per heavy atom. The second-order valence-corrected chi connectivity index (χ2v) is 4.08. The molecule has 1 heterocycles. The monoisotopic (exact) mass is 293 g/mol. The second-order valence-electron chi connectivity index (χ2n) is 4.08. The molecule has 0 radical (unpaired) electrons. The molecule has 9 heteroatoms. The number of nitrogens with two attached hydrogens (primary N) is 1. The number of nitrogens with zero attached hydrogens (tertiary/aromatic N) is 2. The molecule has 0 aliphatic rings. The Hall–Kier alpha value is -2.03. The van der Waals surface area contributed by atoms with Crippen LogP contribution < -0.4 is 11.3 Å². The van der Waals surface area contributed by atoms with Crippen LogP contribution in [0.4, 0.5) is 18.9 Å². The normalized spacial score (nSPS) is 11.4. The van der Waals surface area contributed by atoms with E-state index in [1.165, 1.54) is 12.3 Å². The third-order valence-corrected chi connectivity index (χ3v) is 2.40. The summed E-state index contributed by atoms with van der Waals surface area (Å²) >= 11 is 0. The number of aliphatic hydroxyl groups is 1. The third kappa shape index (κ3) is 4.92. The Morgan fingerprint density at radius 3 is 2.60 bits per heavy atom. The van der Waals surface area contributed by atoms with Gasteiger partial charge in [-0.25, -0.2) is 0 Å². The smallest absolute Gasteiger partial charge is 0.398 e. The van der Waals surface area contributed by atoms with Gasteiger partial charge in [-0.15, -0.1) is 0 Å². The summed E-state index contributed by atoms with van der Waals surface area (Å²) in [5.41, 5.74) is 5.09. The van der Waals surface area contributed by atoms with E-state index in [-0.39, 0.29) is 5.69 Å². The summed E-state index contributed by atoms with van der Waals surface area (Å²) in [5.74, 6) is -0.927. The molecule has 0 aromatic carbocycles. The fraction of sp³-hybridized carbons (Fsp3) is 0.455. The number of pyridine rings is 1. The van der Waals surface area contributed by atoms with E-state index in [4.69, 9.17) is 10.8 Å². The first-order valence-corrected chi connectivity index (χ1v) is 5.64. The molecular formula is C11H14F3N3O3. The van der Waals surface area contributed by atoms with Crippen molar-refractivity contribution in [3.05, 3.63) is 28.7 Å². The van der Waals surface area contributed by atoms with Crippen molar-refractivity contribution in [2.75, 3.05) is 25.4 Å². The molecule has 1 rings (SSSR count). The van der Waals surface area contributed by atoms with Crippen molar-refractivity contribution in [1.29, 1.82) is 0 Å². The van der Waals surface area contributed by atoms with Gasteiger partial charge in [0, 0.05) is 24.5 Å². The summed E-state index contributed by atoms with van der Waals surface area (Å²) in [5, 5.41) is 8.70. The zero-order valence-electron chi connectivity index (χ0n) is 10.4. The second kappa shape index (κ2) is 6.42. The van der Waals surface area contributed by atoms with Crippen molar-refractivity contribution in [1.82, 2.24) is 9.47 Å². The molecule has 0 aliphatic carbocycles. The van der Waals surface area contributed by atoms with E-state index in [0.29, 0.717) is 4.90 Å². The minimum atomic E-state index is -4.58. The van der Waals surface area contributed by atoms with Gasteiger partial charge < -0.3 is 20.3 Å². The highest BCUT2D eigenvalue weighted by Gasteiger charge is 2.32. The molecule has 3 N–H and O–H groups in total. The first-order chi connectivity index (χ1) is 9.23. The molecule has 0 atom stereocenters. The van der Waals surface area contributed by atoms with E-state index in [9.17, 15) is 22.8 Å². The van der Waals surface area contributed by atoms with E-state index in [1.807, 2.05) is 0 Å². The van der Waals surface area contributed by atoms with Gasteiger partial charge in [-0.05, 0) is 6.07 Å². The highest BCUT2D eigenvalue weighted by atomic mass is 19.4. The van der Waals surface area contributed by atoms with Gasteiger partial charge in [-0.3, -0.25) is 9.59 Å². The van der Waals surface area contributed by atoms with Crippen LogP contribution >= 0.6 is 0 Å². The molecule has 0 saturated carbocycles. The number of aliphatic hydroxyl groups excluding tert-OH is 1. The van der Waals surface area contributed by atoms with Crippen LogP contribution in [0.25, 0.3) is 0 Å². The van der Waals surface area contributed by atoms with Crippen molar-refractivity contribution < 1.29 is 23.1 Å². The molecular weight excluding hydrogens is 279 g/mol. The van der Waals surface area contributed by atoms with Crippen LogP contribution in [-0.2, 0) is 11.3 Å². The number of alkyl halides is 3. The number of hydrogen-bond donors (Lipinski definition) is 2. The number of aromatic nitrogens is 1. The quantitative estimate of drug-likeness (QED) is 0.788. The van der Waals surface area contributed by atoms with E-state index in [1.54, 1.807) is 0 Å². The third-order valence-electron chi connectivity index (χ3n) is 2.40. The van der Waals surface area contributed by atoms with Crippen LogP contribution in [-0.4, -0.2) is 46.4 Å². The van der Waals surface area contributed by atoms with Crippen molar-refractivity contribution >= 4 is 11.6 Å².